The van der Waals surface area contributed by atoms with E-state index >= 15 is 0 Å². The smallest absolute Gasteiger partial charge is 0.318 e. The van der Waals surface area contributed by atoms with E-state index in [-0.39, 0.29) is 23.4 Å². The molecule has 3 amide bonds. The van der Waals surface area contributed by atoms with Crippen LogP contribution >= 0.6 is 0 Å². The number of carbonyl (C=O) groups is 2. The predicted molar refractivity (Wildman–Crippen MR) is 166 cm³/mol. The molecule has 0 bridgehead atoms. The molecule has 0 spiro atoms. The third-order valence-corrected chi connectivity index (χ3v) is 8.60. The SMILES string of the molecule is CC(C)c1ccc(-c2ccc(Oc3cc(-c4nc(C5CC(=O)N(C6CC6)C5)no4)ccc3CN3CC(C)(C)NC3=O)cc2)nn1. The number of rotatable bonds is 9. The molecule has 2 saturated heterocycles. The van der Waals surface area contributed by atoms with Crippen LogP contribution in [0.25, 0.3) is 22.7 Å². The number of nitrogens with one attached hydrogen (secondary N) is 1. The molecule has 7 rings (SSSR count). The summed E-state index contributed by atoms with van der Waals surface area (Å²) >= 11 is 0. The standard InChI is InChI=1S/C34H37N7O4/c1-20(2)27-13-14-28(38-37-27)21-7-11-26(12-8-21)44-29-15-22(5-6-23(29)17-40-19-34(3,4)36-33(40)43)32-35-31(39-45-32)24-16-30(42)41(18-24)25-9-10-25/h5-8,11-15,20,24-25H,9-10,16-19H2,1-4H3,(H,36,43). The lowest BCUT2D eigenvalue weighted by Crippen LogP contribution is -2.36. The molecule has 1 N–H and O–H groups in total. The van der Waals surface area contributed by atoms with Gasteiger partial charge in [0.05, 0.1) is 23.5 Å². The number of amides is 3. The highest BCUT2D eigenvalue weighted by atomic mass is 16.5. The summed E-state index contributed by atoms with van der Waals surface area (Å²) in [6.07, 6.45) is 2.55. The fourth-order valence-corrected chi connectivity index (χ4v) is 5.99. The Morgan fingerprint density at radius 1 is 1.02 bits per heavy atom. The lowest BCUT2D eigenvalue weighted by molar-refractivity contribution is -0.128. The molecule has 1 unspecified atom stereocenters. The van der Waals surface area contributed by atoms with E-state index in [9.17, 15) is 9.59 Å². The van der Waals surface area contributed by atoms with Crippen molar-refractivity contribution in [3.8, 4) is 34.2 Å². The van der Waals surface area contributed by atoms with Gasteiger partial charge in [0, 0.05) is 48.2 Å². The molecule has 1 atom stereocenters. The Morgan fingerprint density at radius 3 is 2.47 bits per heavy atom. The van der Waals surface area contributed by atoms with Crippen LogP contribution in [-0.2, 0) is 11.3 Å². The summed E-state index contributed by atoms with van der Waals surface area (Å²) in [6, 6.07) is 17.6. The second kappa shape index (κ2) is 11.3. The minimum absolute atomic E-state index is 0.0765. The highest BCUT2D eigenvalue weighted by molar-refractivity contribution is 5.80. The number of nitrogens with zero attached hydrogens (tertiary/aromatic N) is 6. The van der Waals surface area contributed by atoms with Gasteiger partial charge in [0.25, 0.3) is 5.89 Å². The average Bonchev–Trinajstić information content (AvgIpc) is 3.49. The zero-order valence-electron chi connectivity index (χ0n) is 26.0. The minimum Gasteiger partial charge on any atom is -0.457 e. The van der Waals surface area contributed by atoms with Crippen LogP contribution in [0.15, 0.2) is 59.1 Å². The zero-order chi connectivity index (χ0) is 31.3. The first-order chi connectivity index (χ1) is 21.6. The van der Waals surface area contributed by atoms with Gasteiger partial charge in [-0.15, -0.1) is 0 Å². The molecule has 2 aromatic carbocycles. The Balaban J connectivity index is 1.14. The van der Waals surface area contributed by atoms with Crippen molar-refractivity contribution in [1.82, 2.24) is 35.5 Å². The lowest BCUT2D eigenvalue weighted by Gasteiger charge is -2.20. The van der Waals surface area contributed by atoms with Crippen LogP contribution in [0.4, 0.5) is 4.79 Å². The Hall–Kier alpha value is -4.80. The first kappa shape index (κ1) is 28.9. The number of ether oxygens (including phenoxy) is 1. The molecular weight excluding hydrogens is 570 g/mol. The summed E-state index contributed by atoms with van der Waals surface area (Å²) < 4.78 is 12.1. The highest BCUT2D eigenvalue weighted by Crippen LogP contribution is 2.37. The second-order valence-corrected chi connectivity index (χ2v) is 13.3. The second-order valence-electron chi connectivity index (χ2n) is 13.3. The van der Waals surface area contributed by atoms with Crippen LogP contribution < -0.4 is 10.1 Å². The van der Waals surface area contributed by atoms with Gasteiger partial charge in [-0.3, -0.25) is 4.79 Å². The van der Waals surface area contributed by atoms with E-state index in [1.54, 1.807) is 4.90 Å². The van der Waals surface area contributed by atoms with Gasteiger partial charge in [0.15, 0.2) is 5.82 Å². The van der Waals surface area contributed by atoms with Crippen molar-refractivity contribution in [2.45, 2.75) is 76.9 Å². The third kappa shape index (κ3) is 6.11. The van der Waals surface area contributed by atoms with Gasteiger partial charge in [-0.1, -0.05) is 25.1 Å². The molecule has 4 aromatic rings. The van der Waals surface area contributed by atoms with Gasteiger partial charge in [-0.2, -0.15) is 15.2 Å². The normalized spacial score (nSPS) is 19.4. The van der Waals surface area contributed by atoms with Gasteiger partial charge in [-0.25, -0.2) is 4.79 Å². The number of benzene rings is 2. The molecule has 0 radical (unpaired) electrons. The van der Waals surface area contributed by atoms with Crippen molar-refractivity contribution in [2.24, 2.45) is 0 Å². The molecule has 1 saturated carbocycles. The van der Waals surface area contributed by atoms with E-state index in [0.717, 1.165) is 35.4 Å². The van der Waals surface area contributed by atoms with E-state index in [1.807, 2.05) is 73.3 Å². The number of urea groups is 1. The number of carbonyl (C=O) groups excluding carboxylic acids is 2. The van der Waals surface area contributed by atoms with E-state index < -0.39 is 0 Å². The van der Waals surface area contributed by atoms with Crippen LogP contribution in [0.5, 0.6) is 11.5 Å². The van der Waals surface area contributed by atoms with Crippen molar-refractivity contribution >= 4 is 11.9 Å². The molecule has 3 fully saturated rings. The molecule has 45 heavy (non-hydrogen) atoms. The highest BCUT2D eigenvalue weighted by Gasteiger charge is 2.41. The number of hydrogen-bond acceptors (Lipinski definition) is 8. The Bertz CT molecular complexity index is 1730. The molecule has 2 aromatic heterocycles. The van der Waals surface area contributed by atoms with E-state index in [0.29, 0.717) is 66.8 Å². The van der Waals surface area contributed by atoms with E-state index in [1.165, 1.54) is 0 Å². The molecule has 11 nitrogen and oxygen atoms in total. The van der Waals surface area contributed by atoms with Crippen LogP contribution in [0, 0.1) is 0 Å². The molecular formula is C34H37N7O4. The van der Waals surface area contributed by atoms with E-state index in [4.69, 9.17) is 9.26 Å². The molecule has 4 heterocycles. The first-order valence-electron chi connectivity index (χ1n) is 15.6. The number of likely N-dealkylation sites (tertiary alicyclic amines) is 1. The van der Waals surface area contributed by atoms with Crippen molar-refractivity contribution in [1.29, 1.82) is 0 Å². The van der Waals surface area contributed by atoms with E-state index in [2.05, 4.69) is 39.5 Å². The maximum Gasteiger partial charge on any atom is 0.318 e. The number of aromatic nitrogens is 4. The maximum absolute atomic E-state index is 12.7. The lowest BCUT2D eigenvalue weighted by atomic mass is 10.1. The van der Waals surface area contributed by atoms with Crippen LogP contribution in [0.3, 0.4) is 0 Å². The number of hydrogen-bond donors (Lipinski definition) is 1. The van der Waals surface area contributed by atoms with Gasteiger partial charge >= 0.3 is 6.03 Å². The van der Waals surface area contributed by atoms with Crippen molar-refractivity contribution in [3.63, 3.8) is 0 Å². The maximum atomic E-state index is 12.7. The largest absolute Gasteiger partial charge is 0.457 e. The van der Waals surface area contributed by atoms with Gasteiger partial charge in [-0.05, 0) is 81.1 Å². The summed E-state index contributed by atoms with van der Waals surface area (Å²) in [5, 5.41) is 16.0. The van der Waals surface area contributed by atoms with Crippen molar-refractivity contribution in [2.75, 3.05) is 13.1 Å². The first-order valence-corrected chi connectivity index (χ1v) is 15.6. The Morgan fingerprint density at radius 2 is 1.80 bits per heavy atom. The fourth-order valence-electron chi connectivity index (χ4n) is 5.99. The van der Waals surface area contributed by atoms with Gasteiger partial charge in [0.1, 0.15) is 11.5 Å². The Kier molecular flexibility index (Phi) is 7.26. The average molecular weight is 608 g/mol. The van der Waals surface area contributed by atoms with Crippen LogP contribution in [-0.4, -0.2) is 66.7 Å². The molecule has 11 heteroatoms. The topological polar surface area (TPSA) is 127 Å². The Labute approximate surface area is 262 Å². The van der Waals surface area contributed by atoms with Gasteiger partial charge < -0.3 is 24.4 Å². The summed E-state index contributed by atoms with van der Waals surface area (Å²) in [6.45, 7) is 9.76. The molecule has 1 aliphatic carbocycles. The third-order valence-electron chi connectivity index (χ3n) is 8.60. The molecule has 2 aliphatic heterocycles. The predicted octanol–water partition coefficient (Wildman–Crippen LogP) is 5.89. The van der Waals surface area contributed by atoms with Gasteiger partial charge in [0.2, 0.25) is 5.91 Å². The van der Waals surface area contributed by atoms with Crippen LogP contribution in [0.2, 0.25) is 0 Å². The summed E-state index contributed by atoms with van der Waals surface area (Å²) in [4.78, 5) is 33.6. The van der Waals surface area contributed by atoms with Crippen molar-refractivity contribution in [3.05, 3.63) is 71.7 Å². The monoisotopic (exact) mass is 607 g/mol. The summed E-state index contributed by atoms with van der Waals surface area (Å²) in [7, 11) is 0. The quantitative estimate of drug-likeness (QED) is 0.250. The summed E-state index contributed by atoms with van der Waals surface area (Å²) in [5.41, 5.74) is 3.88. The van der Waals surface area contributed by atoms with Crippen molar-refractivity contribution < 1.29 is 18.8 Å². The fraction of sp³-hybridized carbons (Fsp3) is 0.412. The van der Waals surface area contributed by atoms with Crippen LogP contribution in [0.1, 0.15) is 75.9 Å². The zero-order valence-corrected chi connectivity index (χ0v) is 26.0. The summed E-state index contributed by atoms with van der Waals surface area (Å²) in [5.74, 6) is 2.51. The minimum atomic E-state index is -0.318. The molecule has 3 aliphatic rings. The molecule has 232 valence electrons.